The van der Waals surface area contributed by atoms with Crippen molar-refractivity contribution >= 4 is 41.2 Å². The largest absolute Gasteiger partial charge is 0.505 e. The van der Waals surface area contributed by atoms with Crippen LogP contribution in [0.2, 0.25) is 10.0 Å². The highest BCUT2D eigenvalue weighted by Gasteiger charge is 2.06. The Kier molecular flexibility index (Phi) is 4.58. The summed E-state index contributed by atoms with van der Waals surface area (Å²) in [5, 5.41) is 9.73. The predicted molar refractivity (Wildman–Crippen MR) is 59.5 cm³/mol. The molecule has 1 aromatic carbocycles. The lowest BCUT2D eigenvalue weighted by molar-refractivity contribution is -0.107. The second-order valence-electron chi connectivity index (χ2n) is 2.54. The Morgan fingerprint density at radius 2 is 1.93 bits per heavy atom. The van der Waals surface area contributed by atoms with Crippen LogP contribution < -0.4 is 0 Å². The molecule has 0 saturated heterocycles. The number of carbonyl (C=O) groups excluding carboxylic acids is 1. The minimum absolute atomic E-state index is 0.104. The second kappa shape index (κ2) is 5.49. The van der Waals surface area contributed by atoms with Gasteiger partial charge in [-0.3, -0.25) is 0 Å². The number of benzene rings is 1. The number of phenols is 1. The van der Waals surface area contributed by atoms with Gasteiger partial charge in [0.1, 0.15) is 6.29 Å². The monoisotopic (exact) mass is 250 g/mol. The molecule has 76 valence electrons. The molecule has 0 aliphatic carbocycles. The molecule has 0 aliphatic heterocycles. The van der Waals surface area contributed by atoms with Gasteiger partial charge in [0.25, 0.3) is 0 Å². The van der Waals surface area contributed by atoms with Crippen molar-refractivity contribution in [2.24, 2.45) is 0 Å². The fraction of sp³-hybridized carbons (Fsp3) is 0.222. The van der Waals surface area contributed by atoms with E-state index in [-0.39, 0.29) is 15.8 Å². The van der Waals surface area contributed by atoms with Crippen molar-refractivity contribution in [2.75, 3.05) is 5.75 Å². The molecule has 0 unspecified atom stereocenters. The van der Waals surface area contributed by atoms with E-state index in [2.05, 4.69) is 0 Å². The van der Waals surface area contributed by atoms with Crippen LogP contribution in [0.15, 0.2) is 17.0 Å². The molecule has 1 aromatic rings. The maximum absolute atomic E-state index is 10.1. The van der Waals surface area contributed by atoms with Crippen LogP contribution in [-0.4, -0.2) is 17.1 Å². The average Bonchev–Trinajstić information content (AvgIpc) is 2.14. The molecule has 0 aliphatic rings. The number of carbonyl (C=O) groups is 1. The summed E-state index contributed by atoms with van der Waals surface area (Å²) in [6.45, 7) is 0. The first kappa shape index (κ1) is 11.7. The maximum Gasteiger partial charge on any atom is 0.152 e. The smallest absolute Gasteiger partial charge is 0.152 e. The van der Waals surface area contributed by atoms with Gasteiger partial charge in [0.05, 0.1) is 10.0 Å². The number of halogens is 2. The molecule has 2 nitrogen and oxygen atoms in total. The highest BCUT2D eigenvalue weighted by Crippen LogP contribution is 2.36. The zero-order valence-corrected chi connectivity index (χ0v) is 9.49. The molecule has 0 amide bonds. The highest BCUT2D eigenvalue weighted by atomic mass is 35.5. The third kappa shape index (κ3) is 3.08. The van der Waals surface area contributed by atoms with E-state index in [0.29, 0.717) is 12.2 Å². The van der Waals surface area contributed by atoms with Crippen LogP contribution >= 0.6 is 35.0 Å². The van der Waals surface area contributed by atoms with Gasteiger partial charge in [0.15, 0.2) is 5.75 Å². The van der Waals surface area contributed by atoms with Crippen molar-refractivity contribution < 1.29 is 9.90 Å². The Balaban J connectivity index is 2.74. The number of aldehydes is 1. The van der Waals surface area contributed by atoms with Crippen LogP contribution in [-0.2, 0) is 4.79 Å². The SMILES string of the molecule is O=CCCSc1cc(Cl)c(O)c(Cl)c1. The van der Waals surface area contributed by atoms with E-state index in [4.69, 9.17) is 23.2 Å². The summed E-state index contributed by atoms with van der Waals surface area (Å²) in [6.07, 6.45) is 1.34. The second-order valence-corrected chi connectivity index (χ2v) is 4.52. The first-order valence-corrected chi connectivity index (χ1v) is 5.63. The molecule has 14 heavy (non-hydrogen) atoms. The highest BCUT2D eigenvalue weighted by molar-refractivity contribution is 7.99. The summed E-state index contributed by atoms with van der Waals surface area (Å²) in [4.78, 5) is 10.9. The number of rotatable bonds is 4. The van der Waals surface area contributed by atoms with Crippen LogP contribution in [0, 0.1) is 0 Å². The summed E-state index contributed by atoms with van der Waals surface area (Å²) in [5.74, 6) is 0.578. The van der Waals surface area contributed by atoms with Crippen molar-refractivity contribution in [3.63, 3.8) is 0 Å². The van der Waals surface area contributed by atoms with E-state index in [1.807, 2.05) is 0 Å². The first-order chi connectivity index (χ1) is 6.65. The minimum Gasteiger partial charge on any atom is -0.505 e. The summed E-state index contributed by atoms with van der Waals surface area (Å²) in [6, 6.07) is 3.25. The Morgan fingerprint density at radius 1 is 1.36 bits per heavy atom. The molecular formula is C9H8Cl2O2S. The van der Waals surface area contributed by atoms with Gasteiger partial charge < -0.3 is 9.90 Å². The Bertz CT molecular complexity index is 319. The number of aromatic hydroxyl groups is 1. The van der Waals surface area contributed by atoms with E-state index in [1.54, 1.807) is 12.1 Å². The zero-order chi connectivity index (χ0) is 10.6. The van der Waals surface area contributed by atoms with Gasteiger partial charge in [-0.1, -0.05) is 23.2 Å². The number of hydrogen-bond donors (Lipinski definition) is 1. The number of hydrogen-bond acceptors (Lipinski definition) is 3. The van der Waals surface area contributed by atoms with Gasteiger partial charge in [-0.25, -0.2) is 0 Å². The van der Waals surface area contributed by atoms with Crippen LogP contribution in [0.1, 0.15) is 6.42 Å². The third-order valence-electron chi connectivity index (χ3n) is 1.49. The van der Waals surface area contributed by atoms with E-state index in [9.17, 15) is 9.90 Å². The molecule has 0 aromatic heterocycles. The van der Waals surface area contributed by atoms with Crippen molar-refractivity contribution in [3.05, 3.63) is 22.2 Å². The van der Waals surface area contributed by atoms with Gasteiger partial charge in [-0.2, -0.15) is 0 Å². The molecule has 0 atom stereocenters. The lowest BCUT2D eigenvalue weighted by atomic mass is 10.3. The number of phenolic OH excluding ortho intramolecular Hbond substituents is 1. The Hall–Kier alpha value is -0.380. The van der Waals surface area contributed by atoms with Crippen molar-refractivity contribution in [1.29, 1.82) is 0 Å². The molecule has 5 heteroatoms. The Morgan fingerprint density at radius 3 is 2.43 bits per heavy atom. The van der Waals surface area contributed by atoms with Crippen LogP contribution in [0.25, 0.3) is 0 Å². The predicted octanol–water partition coefficient (Wildman–Crippen LogP) is 3.38. The van der Waals surface area contributed by atoms with E-state index < -0.39 is 0 Å². The van der Waals surface area contributed by atoms with Crippen LogP contribution in [0.3, 0.4) is 0 Å². The third-order valence-corrected chi connectivity index (χ3v) is 3.08. The van der Waals surface area contributed by atoms with Gasteiger partial charge in [-0.15, -0.1) is 11.8 Å². The van der Waals surface area contributed by atoms with E-state index in [0.717, 1.165) is 11.2 Å². The lowest BCUT2D eigenvalue weighted by Gasteiger charge is -2.03. The molecule has 0 fully saturated rings. The fourth-order valence-electron chi connectivity index (χ4n) is 0.850. The van der Waals surface area contributed by atoms with Gasteiger partial charge in [0.2, 0.25) is 0 Å². The molecule has 0 saturated carbocycles. The first-order valence-electron chi connectivity index (χ1n) is 3.89. The van der Waals surface area contributed by atoms with E-state index in [1.165, 1.54) is 11.8 Å². The lowest BCUT2D eigenvalue weighted by Crippen LogP contribution is -1.81. The fourth-order valence-corrected chi connectivity index (χ4v) is 2.32. The van der Waals surface area contributed by atoms with Crippen molar-refractivity contribution in [2.45, 2.75) is 11.3 Å². The minimum atomic E-state index is -0.104. The van der Waals surface area contributed by atoms with Gasteiger partial charge in [0, 0.05) is 17.1 Å². The van der Waals surface area contributed by atoms with Crippen LogP contribution in [0.5, 0.6) is 5.75 Å². The molecule has 0 spiro atoms. The van der Waals surface area contributed by atoms with E-state index >= 15 is 0 Å². The standard InChI is InChI=1S/C9H8Cl2O2S/c10-7-4-6(14-3-1-2-12)5-8(11)9(7)13/h2,4-5,13H,1,3H2. The quantitative estimate of drug-likeness (QED) is 0.506. The zero-order valence-electron chi connectivity index (χ0n) is 7.17. The molecule has 0 bridgehead atoms. The van der Waals surface area contributed by atoms with Crippen LogP contribution in [0.4, 0.5) is 0 Å². The summed E-state index contributed by atoms with van der Waals surface area (Å²) < 4.78 is 0. The van der Waals surface area contributed by atoms with Gasteiger partial charge in [-0.05, 0) is 12.1 Å². The summed E-state index contributed by atoms with van der Waals surface area (Å²) in [5.41, 5.74) is 0. The topological polar surface area (TPSA) is 37.3 Å². The van der Waals surface area contributed by atoms with Crippen molar-refractivity contribution in [3.8, 4) is 5.75 Å². The average molecular weight is 251 g/mol. The molecule has 0 heterocycles. The van der Waals surface area contributed by atoms with Gasteiger partial charge >= 0.3 is 0 Å². The van der Waals surface area contributed by atoms with Crippen molar-refractivity contribution in [1.82, 2.24) is 0 Å². The molecule has 1 N–H and O–H groups in total. The maximum atomic E-state index is 10.1. The molecular weight excluding hydrogens is 243 g/mol. The molecule has 1 rings (SSSR count). The summed E-state index contributed by atoms with van der Waals surface area (Å²) >= 11 is 12.9. The molecule has 0 radical (unpaired) electrons. The number of thioether (sulfide) groups is 1. The normalized spacial score (nSPS) is 10.1. The summed E-state index contributed by atoms with van der Waals surface area (Å²) in [7, 11) is 0. The Labute approximate surface area is 96.2 Å².